The molecule has 0 radical (unpaired) electrons. The van der Waals surface area contributed by atoms with Crippen molar-refractivity contribution in [2.75, 3.05) is 6.26 Å². The molecular formula is C24H16Cl2F2N2OS. The van der Waals surface area contributed by atoms with Crippen molar-refractivity contribution < 1.29 is 13.5 Å². The van der Waals surface area contributed by atoms with Gasteiger partial charge in [0, 0.05) is 37.8 Å². The molecule has 1 heterocycles. The fraction of sp³-hybridized carbons (Fsp3) is 0.0833. The Morgan fingerprint density at radius 2 is 1.69 bits per heavy atom. The summed E-state index contributed by atoms with van der Waals surface area (Å²) in [6.45, 7) is -0.0141. The van der Waals surface area contributed by atoms with Gasteiger partial charge in [0.15, 0.2) is 11.6 Å². The molecular weight excluding hydrogens is 473 g/mol. The van der Waals surface area contributed by atoms with Crippen LogP contribution in [0.1, 0.15) is 5.56 Å². The minimum absolute atomic E-state index is 0.0141. The van der Waals surface area contributed by atoms with Gasteiger partial charge < -0.3 is 4.74 Å². The van der Waals surface area contributed by atoms with Gasteiger partial charge in [0.05, 0.1) is 5.69 Å². The highest BCUT2D eigenvalue weighted by molar-refractivity contribution is 7.98. The highest BCUT2D eigenvalue weighted by Gasteiger charge is 2.16. The summed E-state index contributed by atoms with van der Waals surface area (Å²) in [7, 11) is 0. The average Bonchev–Trinajstić information content (AvgIpc) is 2.80. The van der Waals surface area contributed by atoms with E-state index in [0.29, 0.717) is 21.3 Å². The van der Waals surface area contributed by atoms with E-state index in [9.17, 15) is 8.78 Å². The lowest BCUT2D eigenvalue weighted by Crippen LogP contribution is -2.02. The molecule has 4 aromatic rings. The molecule has 0 saturated heterocycles. The van der Waals surface area contributed by atoms with Gasteiger partial charge in [0.2, 0.25) is 0 Å². The van der Waals surface area contributed by atoms with Gasteiger partial charge in [0.1, 0.15) is 6.61 Å². The molecule has 3 aromatic carbocycles. The Kier molecular flexibility index (Phi) is 6.94. The van der Waals surface area contributed by atoms with E-state index in [0.717, 1.165) is 33.7 Å². The van der Waals surface area contributed by atoms with Crippen LogP contribution in [0, 0.1) is 11.6 Å². The van der Waals surface area contributed by atoms with Crippen LogP contribution in [0.25, 0.3) is 22.4 Å². The fourth-order valence-electron chi connectivity index (χ4n) is 3.08. The van der Waals surface area contributed by atoms with E-state index in [4.69, 9.17) is 27.9 Å². The Balaban J connectivity index is 1.72. The standard InChI is InChI=1S/C24H16Cl2F2N2OS/c1-32-17-7-8-18(20(26)11-17)19-12-29-24(30-23(19)15-3-5-16(25)6-4-15)31-13-14-2-9-21(27)22(28)10-14/h2-12H,13H2,1H3. The van der Waals surface area contributed by atoms with Crippen molar-refractivity contribution >= 4 is 35.0 Å². The lowest BCUT2D eigenvalue weighted by atomic mass is 10.0. The molecule has 3 nitrogen and oxygen atoms in total. The highest BCUT2D eigenvalue weighted by Crippen LogP contribution is 2.37. The molecule has 0 bridgehead atoms. The molecule has 162 valence electrons. The van der Waals surface area contributed by atoms with Crippen molar-refractivity contribution in [3.63, 3.8) is 0 Å². The van der Waals surface area contributed by atoms with Crippen LogP contribution in [0.2, 0.25) is 10.0 Å². The Labute approximate surface area is 198 Å². The maximum Gasteiger partial charge on any atom is 0.317 e. The molecule has 1 aromatic heterocycles. The quantitative estimate of drug-likeness (QED) is 0.260. The van der Waals surface area contributed by atoms with E-state index in [1.807, 2.05) is 36.6 Å². The number of halogens is 4. The number of rotatable bonds is 6. The zero-order chi connectivity index (χ0) is 22.7. The zero-order valence-electron chi connectivity index (χ0n) is 16.8. The highest BCUT2D eigenvalue weighted by atomic mass is 35.5. The summed E-state index contributed by atoms with van der Waals surface area (Å²) < 4.78 is 32.3. The first-order valence-electron chi connectivity index (χ1n) is 9.48. The van der Waals surface area contributed by atoms with Gasteiger partial charge in [-0.25, -0.2) is 13.8 Å². The molecule has 0 atom stereocenters. The van der Waals surface area contributed by atoms with Crippen molar-refractivity contribution in [3.05, 3.63) is 94.1 Å². The molecule has 0 saturated carbocycles. The molecule has 0 aliphatic rings. The predicted molar refractivity (Wildman–Crippen MR) is 125 cm³/mol. The van der Waals surface area contributed by atoms with Gasteiger partial charge in [-0.3, -0.25) is 0 Å². The number of hydrogen-bond donors (Lipinski definition) is 0. The molecule has 4 rings (SSSR count). The summed E-state index contributed by atoms with van der Waals surface area (Å²) in [5.74, 6) is -1.85. The maximum absolute atomic E-state index is 13.5. The number of hydrogen-bond acceptors (Lipinski definition) is 4. The van der Waals surface area contributed by atoms with E-state index in [1.165, 1.54) is 6.07 Å². The third-order valence-corrected chi connectivity index (χ3v) is 5.99. The van der Waals surface area contributed by atoms with Crippen molar-refractivity contribution in [1.29, 1.82) is 0 Å². The van der Waals surface area contributed by atoms with E-state index < -0.39 is 11.6 Å². The lowest BCUT2D eigenvalue weighted by Gasteiger charge is -2.13. The minimum atomic E-state index is -0.937. The van der Waals surface area contributed by atoms with Crippen molar-refractivity contribution in [1.82, 2.24) is 9.97 Å². The second-order valence-electron chi connectivity index (χ2n) is 6.80. The van der Waals surface area contributed by atoms with E-state index in [1.54, 1.807) is 30.1 Å². The van der Waals surface area contributed by atoms with Crippen molar-refractivity contribution in [3.8, 4) is 28.4 Å². The number of benzene rings is 3. The van der Waals surface area contributed by atoms with Crippen LogP contribution < -0.4 is 4.74 Å². The first-order chi connectivity index (χ1) is 15.4. The normalized spacial score (nSPS) is 10.9. The Hall–Kier alpha value is -2.67. The predicted octanol–water partition coefficient (Wildman–Crippen LogP) is 7.70. The van der Waals surface area contributed by atoms with Gasteiger partial charge in [-0.2, -0.15) is 4.98 Å². The molecule has 0 unspecified atom stereocenters. The van der Waals surface area contributed by atoms with Crippen molar-refractivity contribution in [2.24, 2.45) is 0 Å². The summed E-state index contributed by atoms with van der Waals surface area (Å²) in [4.78, 5) is 9.93. The van der Waals surface area contributed by atoms with Crippen LogP contribution in [-0.4, -0.2) is 16.2 Å². The van der Waals surface area contributed by atoms with Crippen LogP contribution in [0.15, 0.2) is 71.8 Å². The second kappa shape index (κ2) is 9.86. The number of aromatic nitrogens is 2. The summed E-state index contributed by atoms with van der Waals surface area (Å²) in [5.41, 5.74) is 3.37. The zero-order valence-corrected chi connectivity index (χ0v) is 19.1. The smallest absolute Gasteiger partial charge is 0.317 e. The summed E-state index contributed by atoms with van der Waals surface area (Å²) >= 11 is 14.2. The number of nitrogens with zero attached hydrogens (tertiary/aromatic N) is 2. The molecule has 0 N–H and O–H groups in total. The molecule has 0 fully saturated rings. The van der Waals surface area contributed by atoms with Crippen LogP contribution in [0.4, 0.5) is 8.78 Å². The summed E-state index contributed by atoms with van der Waals surface area (Å²) in [5, 5.41) is 1.17. The van der Waals surface area contributed by atoms with E-state index in [-0.39, 0.29) is 12.6 Å². The topological polar surface area (TPSA) is 35.0 Å². The molecule has 0 amide bonds. The van der Waals surface area contributed by atoms with Gasteiger partial charge in [-0.05, 0) is 48.2 Å². The Morgan fingerprint density at radius 1 is 0.906 bits per heavy atom. The molecule has 0 aliphatic heterocycles. The van der Waals surface area contributed by atoms with Crippen LogP contribution in [0.3, 0.4) is 0 Å². The molecule has 32 heavy (non-hydrogen) atoms. The third kappa shape index (κ3) is 5.04. The van der Waals surface area contributed by atoms with Gasteiger partial charge in [-0.15, -0.1) is 11.8 Å². The molecule has 0 spiro atoms. The van der Waals surface area contributed by atoms with E-state index >= 15 is 0 Å². The maximum atomic E-state index is 13.5. The minimum Gasteiger partial charge on any atom is -0.459 e. The Morgan fingerprint density at radius 3 is 2.38 bits per heavy atom. The monoisotopic (exact) mass is 488 g/mol. The van der Waals surface area contributed by atoms with E-state index in [2.05, 4.69) is 9.97 Å². The first-order valence-corrected chi connectivity index (χ1v) is 11.5. The number of thioether (sulfide) groups is 1. The fourth-order valence-corrected chi connectivity index (χ4v) is 3.99. The van der Waals surface area contributed by atoms with Crippen LogP contribution in [0.5, 0.6) is 6.01 Å². The first kappa shape index (κ1) is 22.5. The SMILES string of the molecule is CSc1ccc(-c2cnc(OCc3ccc(F)c(F)c3)nc2-c2ccc(Cl)cc2)c(Cl)c1. The summed E-state index contributed by atoms with van der Waals surface area (Å²) in [6, 6.07) is 16.7. The lowest BCUT2D eigenvalue weighted by molar-refractivity contribution is 0.280. The van der Waals surface area contributed by atoms with Crippen LogP contribution in [-0.2, 0) is 6.61 Å². The summed E-state index contributed by atoms with van der Waals surface area (Å²) in [6.07, 6.45) is 3.62. The molecule has 0 aliphatic carbocycles. The van der Waals surface area contributed by atoms with Crippen LogP contribution >= 0.6 is 35.0 Å². The Bertz CT molecular complexity index is 1270. The van der Waals surface area contributed by atoms with Gasteiger partial charge in [-0.1, -0.05) is 47.5 Å². The van der Waals surface area contributed by atoms with Gasteiger partial charge >= 0.3 is 6.01 Å². The molecule has 8 heteroatoms. The largest absolute Gasteiger partial charge is 0.459 e. The van der Waals surface area contributed by atoms with Gasteiger partial charge in [0.25, 0.3) is 0 Å². The van der Waals surface area contributed by atoms with Crippen molar-refractivity contribution in [2.45, 2.75) is 11.5 Å². The average molecular weight is 489 g/mol. The third-order valence-electron chi connectivity index (χ3n) is 4.70. The number of ether oxygens (including phenoxy) is 1. The second-order valence-corrected chi connectivity index (χ2v) is 8.53.